The zero-order chi connectivity index (χ0) is 19.1. The molecule has 2 aromatic heterocycles. The van der Waals surface area contributed by atoms with E-state index in [1.807, 2.05) is 36.7 Å². The van der Waals surface area contributed by atoms with E-state index in [-0.39, 0.29) is 5.78 Å². The van der Waals surface area contributed by atoms with Crippen LogP contribution in [0.25, 0.3) is 34.0 Å². The van der Waals surface area contributed by atoms with Crippen LogP contribution in [-0.4, -0.2) is 15.8 Å². The van der Waals surface area contributed by atoms with Crippen LogP contribution in [0, 0.1) is 5.92 Å². The Labute approximate surface area is 163 Å². The van der Waals surface area contributed by atoms with E-state index in [0.29, 0.717) is 5.92 Å². The maximum Gasteiger partial charge on any atom is 0.185 e. The fraction of sp³-hybridized carbons (Fsp3) is 0.160. The Bertz CT molecular complexity index is 1160. The van der Waals surface area contributed by atoms with Crippen LogP contribution in [0.5, 0.6) is 0 Å². The number of hydrogen-bond donors (Lipinski definition) is 2. The van der Waals surface area contributed by atoms with Gasteiger partial charge in [-0.05, 0) is 43.0 Å². The van der Waals surface area contributed by atoms with Gasteiger partial charge < -0.3 is 9.97 Å². The molecule has 0 bridgehead atoms. The largest absolute Gasteiger partial charge is 0.361 e. The van der Waals surface area contributed by atoms with Gasteiger partial charge >= 0.3 is 0 Å². The van der Waals surface area contributed by atoms with Crippen molar-refractivity contribution < 1.29 is 4.79 Å². The van der Waals surface area contributed by atoms with Crippen LogP contribution in [0.2, 0.25) is 0 Å². The normalized spacial score (nSPS) is 20.6. The van der Waals surface area contributed by atoms with Crippen LogP contribution in [0.1, 0.15) is 30.9 Å². The zero-order valence-corrected chi connectivity index (χ0v) is 15.8. The Morgan fingerprint density at radius 2 is 1.25 bits per heavy atom. The summed E-state index contributed by atoms with van der Waals surface area (Å²) >= 11 is 0. The van der Waals surface area contributed by atoms with E-state index in [2.05, 4.69) is 53.3 Å². The smallest absolute Gasteiger partial charge is 0.185 e. The molecule has 1 aliphatic carbocycles. The first kappa shape index (κ1) is 16.8. The molecule has 28 heavy (non-hydrogen) atoms. The third-order valence-electron chi connectivity index (χ3n) is 5.62. The van der Waals surface area contributed by atoms with Crippen molar-refractivity contribution in [1.82, 2.24) is 9.97 Å². The monoisotopic (exact) mass is 366 g/mol. The molecular formula is C25H22N2O. The van der Waals surface area contributed by atoms with Gasteiger partial charge in [-0.25, -0.2) is 0 Å². The number of allylic oxidation sites excluding steroid dienone is 2. The highest BCUT2D eigenvalue weighted by Crippen LogP contribution is 2.34. The molecule has 2 N–H and O–H groups in total. The van der Waals surface area contributed by atoms with Crippen LogP contribution < -0.4 is 0 Å². The number of para-hydroxylation sites is 2. The van der Waals surface area contributed by atoms with E-state index in [9.17, 15) is 4.79 Å². The van der Waals surface area contributed by atoms with Crippen LogP contribution >= 0.6 is 0 Å². The van der Waals surface area contributed by atoms with E-state index >= 15 is 0 Å². The molecule has 0 unspecified atom stereocenters. The number of fused-ring (bicyclic) bond motifs is 2. The van der Waals surface area contributed by atoms with Crippen LogP contribution in [0.3, 0.4) is 0 Å². The summed E-state index contributed by atoms with van der Waals surface area (Å²) in [6.45, 7) is 2.22. The average molecular weight is 366 g/mol. The van der Waals surface area contributed by atoms with Crippen molar-refractivity contribution in [2.75, 3.05) is 0 Å². The fourth-order valence-corrected chi connectivity index (χ4v) is 4.27. The van der Waals surface area contributed by atoms with E-state index in [4.69, 9.17) is 0 Å². The summed E-state index contributed by atoms with van der Waals surface area (Å²) in [5, 5.41) is 2.31. The summed E-state index contributed by atoms with van der Waals surface area (Å²) < 4.78 is 0. The Kier molecular flexibility index (Phi) is 4.01. The van der Waals surface area contributed by atoms with Gasteiger partial charge in [-0.1, -0.05) is 43.3 Å². The molecule has 2 heterocycles. The molecule has 1 aliphatic rings. The van der Waals surface area contributed by atoms with Crippen molar-refractivity contribution in [1.29, 1.82) is 0 Å². The van der Waals surface area contributed by atoms with Gasteiger partial charge in [0.05, 0.1) is 0 Å². The third-order valence-corrected chi connectivity index (χ3v) is 5.62. The zero-order valence-electron chi connectivity index (χ0n) is 15.8. The van der Waals surface area contributed by atoms with Gasteiger partial charge in [0.25, 0.3) is 0 Å². The second-order valence-electron chi connectivity index (χ2n) is 7.76. The number of benzene rings is 2. The van der Waals surface area contributed by atoms with E-state index in [1.54, 1.807) is 0 Å². The molecule has 0 spiro atoms. The number of rotatable bonds is 2. The van der Waals surface area contributed by atoms with Gasteiger partial charge in [-0.3, -0.25) is 4.79 Å². The lowest BCUT2D eigenvalue weighted by Crippen LogP contribution is -2.18. The summed E-state index contributed by atoms with van der Waals surface area (Å²) in [6.07, 6.45) is 9.77. The van der Waals surface area contributed by atoms with Gasteiger partial charge in [0.2, 0.25) is 0 Å². The quantitative estimate of drug-likeness (QED) is 0.413. The second kappa shape index (κ2) is 6.68. The number of ketones is 1. The molecule has 0 saturated heterocycles. The predicted octanol–water partition coefficient (Wildman–Crippen LogP) is 6.12. The van der Waals surface area contributed by atoms with Gasteiger partial charge in [0.1, 0.15) is 0 Å². The third kappa shape index (κ3) is 2.89. The fourth-order valence-electron chi connectivity index (χ4n) is 4.27. The molecule has 0 atom stereocenters. The second-order valence-corrected chi connectivity index (χ2v) is 7.76. The summed E-state index contributed by atoms with van der Waals surface area (Å²) in [4.78, 5) is 19.8. The molecule has 5 rings (SSSR count). The molecule has 4 aromatic rings. The number of H-pyrrole nitrogens is 2. The van der Waals surface area contributed by atoms with Crippen LogP contribution in [0.15, 0.2) is 72.1 Å². The van der Waals surface area contributed by atoms with Crippen LogP contribution in [0.4, 0.5) is 0 Å². The molecule has 1 fully saturated rings. The molecule has 1 saturated carbocycles. The number of carbonyl (C=O) groups is 1. The van der Waals surface area contributed by atoms with Gasteiger partial charge in [-0.15, -0.1) is 0 Å². The first-order valence-corrected chi connectivity index (χ1v) is 9.77. The van der Waals surface area contributed by atoms with E-state index in [1.165, 1.54) is 0 Å². The summed E-state index contributed by atoms with van der Waals surface area (Å²) in [5.41, 5.74) is 6.16. The summed E-state index contributed by atoms with van der Waals surface area (Å²) in [5.74, 6) is 0.624. The molecule has 0 radical (unpaired) electrons. The van der Waals surface area contributed by atoms with Gasteiger partial charge in [0.15, 0.2) is 5.78 Å². The first-order chi connectivity index (χ1) is 13.7. The minimum absolute atomic E-state index is 0.175. The highest BCUT2D eigenvalue weighted by molar-refractivity contribution is 6.15. The molecule has 2 aromatic carbocycles. The van der Waals surface area contributed by atoms with Crippen molar-refractivity contribution in [2.24, 2.45) is 5.92 Å². The number of Topliss-reactive ketones (excluding diaryl/α,β-unsaturated/α-hetero) is 1. The van der Waals surface area contributed by atoms with Gasteiger partial charge in [-0.2, -0.15) is 0 Å². The maximum atomic E-state index is 13.2. The maximum absolute atomic E-state index is 13.2. The lowest BCUT2D eigenvalue weighted by molar-refractivity contribution is -0.113. The SMILES string of the molecule is CC1C/C(=C\c2c[nH]c3ccccc23)C(=O)/C(=C/c2c[nH]c3ccccc23)C1. The standard InChI is InChI=1S/C25H22N2O/c1-16-10-17(12-19-14-26-23-8-4-2-6-21(19)23)25(28)18(11-16)13-20-15-27-24-9-5-3-7-22(20)24/h2-9,12-16,26-27H,10-11H2,1H3/b17-12+,18-13+. The number of hydrogen-bond acceptors (Lipinski definition) is 1. The topological polar surface area (TPSA) is 48.6 Å². The van der Waals surface area contributed by atoms with Crippen molar-refractivity contribution in [2.45, 2.75) is 19.8 Å². The number of nitrogens with one attached hydrogen (secondary N) is 2. The van der Waals surface area contributed by atoms with Crippen molar-refractivity contribution in [3.05, 3.63) is 83.2 Å². The van der Waals surface area contributed by atoms with Gasteiger partial charge in [0, 0.05) is 56.5 Å². The Hall–Kier alpha value is -3.33. The predicted molar refractivity (Wildman–Crippen MR) is 116 cm³/mol. The average Bonchev–Trinajstić information content (AvgIpc) is 3.30. The highest BCUT2D eigenvalue weighted by atomic mass is 16.1. The Morgan fingerprint density at radius 3 is 1.75 bits per heavy atom. The molecule has 3 nitrogen and oxygen atoms in total. The lowest BCUT2D eigenvalue weighted by atomic mass is 9.81. The number of aromatic amines is 2. The first-order valence-electron chi connectivity index (χ1n) is 9.77. The molecule has 3 heteroatoms. The lowest BCUT2D eigenvalue weighted by Gasteiger charge is -2.22. The molecule has 0 aliphatic heterocycles. The van der Waals surface area contributed by atoms with Crippen molar-refractivity contribution in [3.63, 3.8) is 0 Å². The minimum atomic E-state index is 0.175. The number of carbonyl (C=O) groups excluding carboxylic acids is 1. The summed E-state index contributed by atoms with van der Waals surface area (Å²) in [7, 11) is 0. The van der Waals surface area contributed by atoms with E-state index in [0.717, 1.165) is 56.9 Å². The Morgan fingerprint density at radius 1 is 0.786 bits per heavy atom. The Balaban J connectivity index is 1.55. The summed E-state index contributed by atoms with van der Waals surface area (Å²) in [6, 6.07) is 16.4. The van der Waals surface area contributed by atoms with Crippen molar-refractivity contribution >= 4 is 39.7 Å². The molecule has 0 amide bonds. The minimum Gasteiger partial charge on any atom is -0.361 e. The molecule has 138 valence electrons. The highest BCUT2D eigenvalue weighted by Gasteiger charge is 2.25. The van der Waals surface area contributed by atoms with Crippen molar-refractivity contribution in [3.8, 4) is 0 Å². The number of aromatic nitrogens is 2. The molecular weight excluding hydrogens is 344 g/mol. The van der Waals surface area contributed by atoms with E-state index < -0.39 is 0 Å². The van der Waals surface area contributed by atoms with Crippen LogP contribution in [-0.2, 0) is 4.79 Å².